The monoisotopic (exact) mass is 261 g/mol. The van der Waals surface area contributed by atoms with Crippen molar-refractivity contribution in [1.29, 1.82) is 0 Å². The first-order valence-corrected chi connectivity index (χ1v) is 7.17. The Morgan fingerprint density at radius 3 is 2.95 bits per heavy atom. The molecule has 0 bridgehead atoms. The molecule has 104 valence electrons. The van der Waals surface area contributed by atoms with E-state index in [1.54, 1.807) is 12.4 Å². The second-order valence-corrected chi connectivity index (χ2v) is 5.27. The highest BCUT2D eigenvalue weighted by atomic mass is 16.1. The molecule has 2 N–H and O–H groups in total. The highest BCUT2D eigenvalue weighted by Gasteiger charge is 2.20. The van der Waals surface area contributed by atoms with E-state index in [1.807, 2.05) is 12.1 Å². The summed E-state index contributed by atoms with van der Waals surface area (Å²) < 4.78 is 0. The van der Waals surface area contributed by atoms with Gasteiger partial charge in [-0.1, -0.05) is 6.42 Å². The van der Waals surface area contributed by atoms with Gasteiger partial charge in [0.15, 0.2) is 0 Å². The summed E-state index contributed by atoms with van der Waals surface area (Å²) in [7, 11) is 0. The number of aryl methyl sites for hydroxylation is 1. The number of nitrogens with one attached hydrogen (secondary N) is 2. The van der Waals surface area contributed by atoms with Gasteiger partial charge in [-0.25, -0.2) is 0 Å². The lowest BCUT2D eigenvalue weighted by Crippen LogP contribution is -2.50. The Morgan fingerprint density at radius 1 is 1.47 bits per heavy atom. The molecular weight excluding hydrogens is 238 g/mol. The molecule has 1 saturated heterocycles. The molecule has 0 radical (unpaired) electrons. The molecule has 2 rings (SSSR count). The maximum absolute atomic E-state index is 11.9. The Kier molecular flexibility index (Phi) is 5.33. The minimum absolute atomic E-state index is 0.136. The van der Waals surface area contributed by atoms with Crippen molar-refractivity contribution in [3.05, 3.63) is 30.1 Å². The third-order valence-corrected chi connectivity index (χ3v) is 3.73. The number of carbonyl (C=O) groups excluding carboxylic acids is 1. The van der Waals surface area contributed by atoms with Gasteiger partial charge in [-0.15, -0.1) is 0 Å². The lowest BCUT2D eigenvalue weighted by Gasteiger charge is -2.29. The SMILES string of the molecule is C[C@H](NC(=O)CCc1ccncc1)[C@H]1CCCCN1. The number of pyridine rings is 1. The molecule has 1 aromatic rings. The molecule has 2 heterocycles. The maximum Gasteiger partial charge on any atom is 0.220 e. The smallest absolute Gasteiger partial charge is 0.220 e. The highest BCUT2D eigenvalue weighted by molar-refractivity contribution is 5.76. The molecule has 1 amide bonds. The predicted molar refractivity (Wildman–Crippen MR) is 75.8 cm³/mol. The third-order valence-electron chi connectivity index (χ3n) is 3.73. The first kappa shape index (κ1) is 14.0. The molecule has 0 aliphatic carbocycles. The number of rotatable bonds is 5. The molecular formula is C15H23N3O. The first-order valence-electron chi connectivity index (χ1n) is 7.17. The van der Waals surface area contributed by atoms with Crippen LogP contribution in [0.25, 0.3) is 0 Å². The summed E-state index contributed by atoms with van der Waals surface area (Å²) in [6.45, 7) is 3.16. The standard InChI is InChI=1S/C15H23N3O/c1-12(14-4-2-3-9-17-14)18-15(19)6-5-13-7-10-16-11-8-13/h7-8,10-12,14,17H,2-6,9H2,1H3,(H,18,19)/t12-,14+/m0/s1. The molecule has 19 heavy (non-hydrogen) atoms. The van der Waals surface area contributed by atoms with E-state index in [0.717, 1.165) is 24.9 Å². The minimum atomic E-state index is 0.136. The second-order valence-electron chi connectivity index (χ2n) is 5.27. The predicted octanol–water partition coefficient (Wildman–Crippen LogP) is 1.66. The van der Waals surface area contributed by atoms with Crippen molar-refractivity contribution < 1.29 is 4.79 Å². The molecule has 0 aromatic carbocycles. The van der Waals surface area contributed by atoms with Gasteiger partial charge in [-0.05, 0) is 50.4 Å². The van der Waals surface area contributed by atoms with E-state index in [0.29, 0.717) is 12.5 Å². The Balaban J connectivity index is 1.71. The van der Waals surface area contributed by atoms with Crippen LogP contribution in [-0.2, 0) is 11.2 Å². The summed E-state index contributed by atoms with van der Waals surface area (Å²) in [6, 6.07) is 4.56. The normalized spacial score (nSPS) is 20.8. The van der Waals surface area contributed by atoms with Crippen LogP contribution in [0.1, 0.15) is 38.2 Å². The van der Waals surface area contributed by atoms with Gasteiger partial charge in [-0.2, -0.15) is 0 Å². The van der Waals surface area contributed by atoms with Crippen LogP contribution in [0.5, 0.6) is 0 Å². The van der Waals surface area contributed by atoms with Crippen LogP contribution in [0.3, 0.4) is 0 Å². The average Bonchev–Trinajstić information content (AvgIpc) is 2.47. The van der Waals surface area contributed by atoms with E-state index < -0.39 is 0 Å². The first-order chi connectivity index (χ1) is 9.25. The molecule has 1 aliphatic rings. The molecule has 4 nitrogen and oxygen atoms in total. The summed E-state index contributed by atoms with van der Waals surface area (Å²) in [4.78, 5) is 15.9. The van der Waals surface area contributed by atoms with E-state index >= 15 is 0 Å². The fourth-order valence-corrected chi connectivity index (χ4v) is 2.54. The van der Waals surface area contributed by atoms with E-state index in [2.05, 4.69) is 22.5 Å². The van der Waals surface area contributed by atoms with Gasteiger partial charge in [0.25, 0.3) is 0 Å². The van der Waals surface area contributed by atoms with Crippen LogP contribution in [0.2, 0.25) is 0 Å². The summed E-state index contributed by atoms with van der Waals surface area (Å²) >= 11 is 0. The quantitative estimate of drug-likeness (QED) is 0.847. The second kappa shape index (κ2) is 7.24. The van der Waals surface area contributed by atoms with Crippen LogP contribution >= 0.6 is 0 Å². The van der Waals surface area contributed by atoms with Crippen molar-refractivity contribution in [3.8, 4) is 0 Å². The number of hydrogen-bond acceptors (Lipinski definition) is 3. The zero-order valence-electron chi connectivity index (χ0n) is 11.6. The van der Waals surface area contributed by atoms with Crippen LogP contribution in [0.4, 0.5) is 0 Å². The lowest BCUT2D eigenvalue weighted by molar-refractivity contribution is -0.121. The fourth-order valence-electron chi connectivity index (χ4n) is 2.54. The Labute approximate surface area is 115 Å². The Bertz CT molecular complexity index is 388. The molecule has 1 aromatic heterocycles. The topological polar surface area (TPSA) is 54.0 Å². The van der Waals surface area contributed by atoms with Crippen molar-refractivity contribution in [1.82, 2.24) is 15.6 Å². The van der Waals surface area contributed by atoms with Crippen molar-refractivity contribution in [2.45, 2.75) is 51.1 Å². The van der Waals surface area contributed by atoms with Crippen LogP contribution < -0.4 is 10.6 Å². The number of carbonyl (C=O) groups is 1. The summed E-state index contributed by atoms with van der Waals surface area (Å²) in [5, 5.41) is 6.58. The van der Waals surface area contributed by atoms with Gasteiger partial charge in [0.05, 0.1) is 0 Å². The van der Waals surface area contributed by atoms with Crippen LogP contribution in [0, 0.1) is 0 Å². The van der Waals surface area contributed by atoms with Gasteiger partial charge in [0.1, 0.15) is 0 Å². The summed E-state index contributed by atoms with van der Waals surface area (Å²) in [6.07, 6.45) is 8.52. The Hall–Kier alpha value is -1.42. The van der Waals surface area contributed by atoms with Crippen LogP contribution in [-0.4, -0.2) is 29.5 Å². The average molecular weight is 261 g/mol. The van der Waals surface area contributed by atoms with E-state index in [4.69, 9.17) is 0 Å². The van der Waals surface area contributed by atoms with Crippen molar-refractivity contribution in [2.24, 2.45) is 0 Å². The summed E-state index contributed by atoms with van der Waals surface area (Å²) in [5.41, 5.74) is 1.16. The van der Waals surface area contributed by atoms with E-state index in [9.17, 15) is 4.79 Å². The van der Waals surface area contributed by atoms with Gasteiger partial charge in [0.2, 0.25) is 5.91 Å². The number of hydrogen-bond donors (Lipinski definition) is 2. The highest BCUT2D eigenvalue weighted by Crippen LogP contribution is 2.10. The number of nitrogens with zero attached hydrogens (tertiary/aromatic N) is 1. The van der Waals surface area contributed by atoms with Crippen LogP contribution in [0.15, 0.2) is 24.5 Å². The molecule has 2 atom stereocenters. The minimum Gasteiger partial charge on any atom is -0.352 e. The largest absolute Gasteiger partial charge is 0.352 e. The number of piperidine rings is 1. The van der Waals surface area contributed by atoms with Crippen molar-refractivity contribution >= 4 is 5.91 Å². The van der Waals surface area contributed by atoms with Gasteiger partial charge in [0, 0.05) is 30.9 Å². The Morgan fingerprint density at radius 2 is 2.26 bits per heavy atom. The molecule has 1 aliphatic heterocycles. The number of amides is 1. The molecule has 0 spiro atoms. The number of aromatic nitrogens is 1. The zero-order chi connectivity index (χ0) is 13.5. The van der Waals surface area contributed by atoms with Crippen molar-refractivity contribution in [3.63, 3.8) is 0 Å². The van der Waals surface area contributed by atoms with Gasteiger partial charge < -0.3 is 10.6 Å². The maximum atomic E-state index is 11.9. The summed E-state index contributed by atoms with van der Waals surface area (Å²) in [5.74, 6) is 0.136. The molecule has 1 fully saturated rings. The molecule has 0 saturated carbocycles. The third kappa shape index (κ3) is 4.63. The van der Waals surface area contributed by atoms with E-state index in [-0.39, 0.29) is 11.9 Å². The van der Waals surface area contributed by atoms with Gasteiger partial charge >= 0.3 is 0 Å². The molecule has 4 heteroatoms. The fraction of sp³-hybridized carbons (Fsp3) is 0.600. The zero-order valence-corrected chi connectivity index (χ0v) is 11.6. The van der Waals surface area contributed by atoms with E-state index in [1.165, 1.54) is 12.8 Å². The van der Waals surface area contributed by atoms with Gasteiger partial charge in [-0.3, -0.25) is 9.78 Å². The molecule has 0 unspecified atom stereocenters. The lowest BCUT2D eigenvalue weighted by atomic mass is 9.99. The van der Waals surface area contributed by atoms with Crippen molar-refractivity contribution in [2.75, 3.05) is 6.54 Å².